The largest absolute Gasteiger partial charge is 0.493 e. The van der Waals surface area contributed by atoms with Crippen LogP contribution in [0.2, 0.25) is 0 Å². The number of benzene rings is 3. The molecule has 0 bridgehead atoms. The van der Waals surface area contributed by atoms with E-state index in [0.29, 0.717) is 33.0 Å². The Labute approximate surface area is 236 Å². The van der Waals surface area contributed by atoms with E-state index < -0.39 is 5.97 Å². The number of rotatable bonds is 12. The molecule has 212 valence electrons. The first-order valence-electron chi connectivity index (χ1n) is 14.0. The van der Waals surface area contributed by atoms with Gasteiger partial charge >= 0.3 is 5.97 Å². The maximum absolute atomic E-state index is 11.2. The Morgan fingerprint density at radius 1 is 0.950 bits per heavy atom. The van der Waals surface area contributed by atoms with Crippen LogP contribution in [0, 0.1) is 13.8 Å². The van der Waals surface area contributed by atoms with Crippen LogP contribution in [-0.2, 0) is 16.0 Å². The molecular formula is C33H39NO6. The quantitative estimate of drug-likeness (QED) is 0.297. The summed E-state index contributed by atoms with van der Waals surface area (Å²) in [6.07, 6.45) is 0.925. The zero-order chi connectivity index (χ0) is 28.2. The number of likely N-dealkylation sites (N-methyl/N-ethyl adjacent to an activating group) is 1. The monoisotopic (exact) mass is 545 g/mol. The highest BCUT2D eigenvalue weighted by Gasteiger charge is 2.30. The van der Waals surface area contributed by atoms with Crippen LogP contribution in [0.5, 0.6) is 17.2 Å². The van der Waals surface area contributed by atoms with Gasteiger partial charge in [0.05, 0.1) is 32.8 Å². The van der Waals surface area contributed by atoms with Crippen LogP contribution in [0.15, 0.2) is 48.5 Å². The highest BCUT2D eigenvalue weighted by Crippen LogP contribution is 2.46. The van der Waals surface area contributed by atoms with E-state index in [2.05, 4.69) is 61.2 Å². The van der Waals surface area contributed by atoms with Crippen molar-refractivity contribution >= 4 is 5.97 Å². The van der Waals surface area contributed by atoms with E-state index in [9.17, 15) is 9.90 Å². The van der Waals surface area contributed by atoms with Gasteiger partial charge in [0.2, 0.25) is 0 Å². The molecule has 3 aromatic rings. The third-order valence-electron chi connectivity index (χ3n) is 7.73. The number of ether oxygens (including phenoxy) is 4. The molecule has 5 rings (SSSR count). The number of hydrogen-bond acceptors (Lipinski definition) is 6. The molecule has 0 aliphatic carbocycles. The predicted octanol–water partition coefficient (Wildman–Crippen LogP) is 5.60. The standard InChI is InChI=1S/C33H39NO6/c1-21-14-26(38-13-12-37-11-10-34(3)4)15-22(2)32(21)29-7-5-6-28-24(20-40-33(28)29)16-23-8-9-27-25(18-31(35)36)19-39-30(27)17-23/h5-9,14-15,17,24-25H,10-13,16,18-20H2,1-4H3,(H,35,36)/t24-,25-/m1/s1. The fourth-order valence-electron chi connectivity index (χ4n) is 5.79. The number of nitrogens with zero attached hydrogens (tertiary/aromatic N) is 1. The van der Waals surface area contributed by atoms with Crippen LogP contribution in [0.3, 0.4) is 0 Å². The SMILES string of the molecule is Cc1cc(OCCOCCN(C)C)cc(C)c1-c1cccc2c1OC[C@H]2Cc1ccc2c(c1)OC[C@H]2CC(=O)O. The average Bonchev–Trinajstić information content (AvgIpc) is 3.49. The van der Waals surface area contributed by atoms with E-state index in [4.69, 9.17) is 18.9 Å². The van der Waals surface area contributed by atoms with Crippen LogP contribution in [-0.4, -0.2) is 69.7 Å². The number of carbonyl (C=O) groups is 1. The first kappa shape index (κ1) is 28.0. The minimum Gasteiger partial charge on any atom is -0.493 e. The van der Waals surface area contributed by atoms with Crippen LogP contribution >= 0.6 is 0 Å². The smallest absolute Gasteiger partial charge is 0.304 e. The highest BCUT2D eigenvalue weighted by molar-refractivity contribution is 5.79. The molecule has 7 nitrogen and oxygen atoms in total. The summed E-state index contributed by atoms with van der Waals surface area (Å²) in [4.78, 5) is 13.3. The van der Waals surface area contributed by atoms with Crippen molar-refractivity contribution in [3.63, 3.8) is 0 Å². The Bertz CT molecular complexity index is 1340. The van der Waals surface area contributed by atoms with E-state index in [1.54, 1.807) is 0 Å². The molecular weight excluding hydrogens is 506 g/mol. The first-order valence-corrected chi connectivity index (χ1v) is 14.0. The molecule has 0 aromatic heterocycles. The van der Waals surface area contributed by atoms with Gasteiger partial charge in [0.25, 0.3) is 0 Å². The Morgan fingerprint density at radius 3 is 2.48 bits per heavy atom. The second-order valence-corrected chi connectivity index (χ2v) is 11.1. The molecule has 2 heterocycles. The summed E-state index contributed by atoms with van der Waals surface area (Å²) in [6.45, 7) is 7.97. The lowest BCUT2D eigenvalue weighted by molar-refractivity contribution is -0.137. The Morgan fingerprint density at radius 2 is 1.73 bits per heavy atom. The lowest BCUT2D eigenvalue weighted by atomic mass is 9.88. The Hall–Kier alpha value is -3.55. The van der Waals surface area contributed by atoms with Gasteiger partial charge in [-0.3, -0.25) is 4.79 Å². The van der Waals surface area contributed by atoms with E-state index in [1.165, 1.54) is 16.7 Å². The van der Waals surface area contributed by atoms with Crippen molar-refractivity contribution in [2.45, 2.75) is 38.5 Å². The molecule has 0 saturated heterocycles. The summed E-state index contributed by atoms with van der Waals surface area (Å²) in [5.41, 5.74) is 7.97. The van der Waals surface area contributed by atoms with Gasteiger partial charge in [0.1, 0.15) is 23.9 Å². The van der Waals surface area contributed by atoms with Gasteiger partial charge in [-0.2, -0.15) is 0 Å². The molecule has 2 aliphatic rings. The van der Waals surface area contributed by atoms with E-state index in [-0.39, 0.29) is 18.3 Å². The predicted molar refractivity (Wildman–Crippen MR) is 155 cm³/mol. The molecule has 0 amide bonds. The minimum atomic E-state index is -0.797. The number of carboxylic acids is 1. The molecule has 1 N–H and O–H groups in total. The van der Waals surface area contributed by atoms with E-state index in [0.717, 1.165) is 52.5 Å². The number of fused-ring (bicyclic) bond motifs is 2. The van der Waals surface area contributed by atoms with Crippen molar-refractivity contribution in [2.75, 3.05) is 53.7 Å². The zero-order valence-electron chi connectivity index (χ0n) is 23.9. The van der Waals surface area contributed by atoms with Gasteiger partial charge in [0, 0.05) is 35.1 Å². The third kappa shape index (κ3) is 6.26. The van der Waals surface area contributed by atoms with Crippen molar-refractivity contribution in [3.05, 3.63) is 76.3 Å². The summed E-state index contributed by atoms with van der Waals surface area (Å²) in [6, 6.07) is 16.8. The number of hydrogen-bond donors (Lipinski definition) is 1. The number of carboxylic acid groups (broad SMARTS) is 1. The van der Waals surface area contributed by atoms with Gasteiger partial charge in [0.15, 0.2) is 0 Å². The average molecular weight is 546 g/mol. The summed E-state index contributed by atoms with van der Waals surface area (Å²) in [7, 11) is 4.07. The van der Waals surface area contributed by atoms with Crippen molar-refractivity contribution in [1.82, 2.24) is 4.90 Å². The maximum atomic E-state index is 11.2. The Kier molecular flexibility index (Phi) is 8.62. The van der Waals surface area contributed by atoms with Crippen LogP contribution in [0.25, 0.3) is 11.1 Å². The molecule has 0 spiro atoms. The molecule has 0 unspecified atom stereocenters. The molecule has 0 fully saturated rings. The van der Waals surface area contributed by atoms with E-state index >= 15 is 0 Å². The summed E-state index contributed by atoms with van der Waals surface area (Å²) in [5, 5.41) is 9.18. The fourth-order valence-corrected chi connectivity index (χ4v) is 5.79. The second-order valence-electron chi connectivity index (χ2n) is 11.1. The molecule has 2 aliphatic heterocycles. The third-order valence-corrected chi connectivity index (χ3v) is 7.73. The molecule has 40 heavy (non-hydrogen) atoms. The van der Waals surface area contributed by atoms with Gasteiger partial charge in [-0.15, -0.1) is 0 Å². The highest BCUT2D eigenvalue weighted by atomic mass is 16.5. The lowest BCUT2D eigenvalue weighted by Crippen LogP contribution is -2.19. The van der Waals surface area contributed by atoms with Gasteiger partial charge in [-0.25, -0.2) is 0 Å². The number of para-hydroxylation sites is 1. The van der Waals surface area contributed by atoms with Crippen molar-refractivity contribution in [1.29, 1.82) is 0 Å². The first-order chi connectivity index (χ1) is 19.3. The molecule has 0 radical (unpaired) electrons. The molecule has 0 saturated carbocycles. The van der Waals surface area contributed by atoms with E-state index in [1.807, 2.05) is 20.2 Å². The van der Waals surface area contributed by atoms with Gasteiger partial charge in [-0.1, -0.05) is 30.3 Å². The number of aliphatic carboxylic acids is 1. The van der Waals surface area contributed by atoms with Crippen LogP contribution in [0.1, 0.15) is 46.1 Å². The molecule has 2 atom stereocenters. The molecule has 3 aromatic carbocycles. The summed E-state index contributed by atoms with van der Waals surface area (Å²) < 4.78 is 23.8. The zero-order valence-corrected chi connectivity index (χ0v) is 23.9. The van der Waals surface area contributed by atoms with Crippen molar-refractivity contribution in [3.8, 4) is 28.4 Å². The minimum absolute atomic E-state index is 0.0793. The summed E-state index contributed by atoms with van der Waals surface area (Å²) in [5.74, 6) is 1.98. The lowest BCUT2D eigenvalue weighted by Gasteiger charge is -2.16. The normalized spacial score (nSPS) is 17.3. The number of aryl methyl sites for hydroxylation is 2. The van der Waals surface area contributed by atoms with Gasteiger partial charge in [-0.05, 0) is 74.8 Å². The second kappa shape index (κ2) is 12.3. The summed E-state index contributed by atoms with van der Waals surface area (Å²) >= 11 is 0. The van der Waals surface area contributed by atoms with Gasteiger partial charge < -0.3 is 29.0 Å². The maximum Gasteiger partial charge on any atom is 0.304 e. The fraction of sp³-hybridized carbons (Fsp3) is 0.424. The van der Waals surface area contributed by atoms with Crippen molar-refractivity contribution in [2.24, 2.45) is 0 Å². The molecule has 7 heteroatoms. The van der Waals surface area contributed by atoms with Crippen LogP contribution in [0.4, 0.5) is 0 Å². The van der Waals surface area contributed by atoms with Crippen LogP contribution < -0.4 is 14.2 Å². The Balaban J connectivity index is 1.28. The topological polar surface area (TPSA) is 77.5 Å². The van der Waals surface area contributed by atoms with Crippen molar-refractivity contribution < 1.29 is 28.8 Å².